The molecule has 1 aromatic carbocycles. The van der Waals surface area contributed by atoms with E-state index in [4.69, 9.17) is 5.84 Å². The van der Waals surface area contributed by atoms with Gasteiger partial charge in [0.2, 0.25) is 0 Å². The molecule has 0 aliphatic heterocycles. The Morgan fingerprint density at radius 1 is 1.25 bits per heavy atom. The zero-order valence-electron chi connectivity index (χ0n) is 11.4. The van der Waals surface area contributed by atoms with Crippen molar-refractivity contribution >= 4 is 11.6 Å². The molecule has 2 aromatic rings. The third-order valence-electron chi connectivity index (χ3n) is 2.93. The number of nitrogens with two attached hydrogens (primary N) is 1. The van der Waals surface area contributed by atoms with E-state index in [1.165, 1.54) is 18.5 Å². The van der Waals surface area contributed by atoms with Crippen molar-refractivity contribution in [2.75, 3.05) is 10.7 Å². The minimum atomic E-state index is -0.245. The molecule has 0 saturated carbocycles. The summed E-state index contributed by atoms with van der Waals surface area (Å²) < 4.78 is 13.1. The van der Waals surface area contributed by atoms with Crippen LogP contribution in [0.1, 0.15) is 24.5 Å². The topological polar surface area (TPSA) is 75.9 Å². The second-order valence-corrected chi connectivity index (χ2v) is 4.43. The van der Waals surface area contributed by atoms with Gasteiger partial charge in [0, 0.05) is 12.1 Å². The van der Waals surface area contributed by atoms with Gasteiger partial charge in [0.25, 0.3) is 0 Å². The summed E-state index contributed by atoms with van der Waals surface area (Å²) in [5.74, 6) is 6.55. The molecular weight excluding hydrogens is 257 g/mol. The normalized spacial score (nSPS) is 10.3. The van der Waals surface area contributed by atoms with Gasteiger partial charge in [-0.3, -0.25) is 0 Å². The van der Waals surface area contributed by atoms with Gasteiger partial charge in [-0.15, -0.1) is 0 Å². The maximum Gasteiger partial charge on any atom is 0.148 e. The molecule has 5 nitrogen and oxygen atoms in total. The van der Waals surface area contributed by atoms with Gasteiger partial charge in [-0.25, -0.2) is 20.2 Å². The number of nitrogen functional groups attached to an aromatic ring is 1. The highest BCUT2D eigenvalue weighted by Gasteiger charge is 2.09. The van der Waals surface area contributed by atoms with Crippen LogP contribution in [0.3, 0.4) is 0 Å². The fraction of sp³-hybridized carbons (Fsp3) is 0.286. The van der Waals surface area contributed by atoms with Crippen molar-refractivity contribution in [3.8, 4) is 0 Å². The van der Waals surface area contributed by atoms with Gasteiger partial charge in [0.05, 0.1) is 0 Å². The van der Waals surface area contributed by atoms with Gasteiger partial charge in [-0.05, 0) is 24.1 Å². The third-order valence-corrected chi connectivity index (χ3v) is 2.93. The first kappa shape index (κ1) is 14.2. The molecule has 0 amide bonds. The number of nitrogens with one attached hydrogen (secondary N) is 2. The number of hydrogen-bond acceptors (Lipinski definition) is 5. The molecule has 6 heteroatoms. The lowest BCUT2D eigenvalue weighted by Crippen LogP contribution is -2.14. The summed E-state index contributed by atoms with van der Waals surface area (Å²) in [6.07, 6.45) is 3.21. The van der Waals surface area contributed by atoms with E-state index in [2.05, 4.69) is 27.6 Å². The Kier molecular flexibility index (Phi) is 4.84. The third kappa shape index (κ3) is 3.42. The maximum absolute atomic E-state index is 13.1. The number of benzene rings is 1. The van der Waals surface area contributed by atoms with Crippen molar-refractivity contribution in [2.24, 2.45) is 5.84 Å². The van der Waals surface area contributed by atoms with Crippen LogP contribution in [0.15, 0.2) is 30.6 Å². The maximum atomic E-state index is 13.1. The molecule has 0 unspecified atom stereocenters. The summed E-state index contributed by atoms with van der Waals surface area (Å²) in [4.78, 5) is 8.33. The molecule has 1 aromatic heterocycles. The Morgan fingerprint density at radius 3 is 2.75 bits per heavy atom. The highest BCUT2D eigenvalue weighted by atomic mass is 19.1. The predicted molar refractivity (Wildman–Crippen MR) is 77.6 cm³/mol. The van der Waals surface area contributed by atoms with Gasteiger partial charge < -0.3 is 10.7 Å². The fourth-order valence-corrected chi connectivity index (χ4v) is 2.01. The number of anilines is 2. The summed E-state index contributed by atoms with van der Waals surface area (Å²) in [6, 6.07) is 6.47. The Bertz CT molecular complexity index is 573. The van der Waals surface area contributed by atoms with E-state index in [9.17, 15) is 4.39 Å². The van der Waals surface area contributed by atoms with Crippen molar-refractivity contribution < 1.29 is 4.39 Å². The van der Waals surface area contributed by atoms with Crippen LogP contribution in [0, 0.1) is 5.82 Å². The van der Waals surface area contributed by atoms with Crippen LogP contribution in [-0.4, -0.2) is 9.97 Å². The summed E-state index contributed by atoms with van der Waals surface area (Å²) in [5, 5.41) is 3.20. The van der Waals surface area contributed by atoms with E-state index in [1.807, 2.05) is 6.07 Å². The molecular formula is C14H18FN5. The number of aromatic nitrogens is 2. The van der Waals surface area contributed by atoms with Crippen LogP contribution in [0.2, 0.25) is 0 Å². The van der Waals surface area contributed by atoms with Crippen LogP contribution < -0.4 is 16.6 Å². The first-order valence-electron chi connectivity index (χ1n) is 6.53. The van der Waals surface area contributed by atoms with E-state index in [1.54, 1.807) is 6.07 Å². The number of hydrazine groups is 1. The molecule has 20 heavy (non-hydrogen) atoms. The van der Waals surface area contributed by atoms with Crippen molar-refractivity contribution in [1.29, 1.82) is 0 Å². The van der Waals surface area contributed by atoms with Gasteiger partial charge in [-0.1, -0.05) is 25.5 Å². The molecule has 4 N–H and O–H groups in total. The van der Waals surface area contributed by atoms with E-state index in [0.717, 1.165) is 29.8 Å². The highest BCUT2D eigenvalue weighted by molar-refractivity contribution is 5.57. The first-order valence-corrected chi connectivity index (χ1v) is 6.53. The molecule has 0 spiro atoms. The molecule has 0 radical (unpaired) electrons. The first-order chi connectivity index (χ1) is 9.74. The quantitative estimate of drug-likeness (QED) is 0.557. The zero-order chi connectivity index (χ0) is 14.4. The number of hydrogen-bond donors (Lipinski definition) is 3. The lowest BCUT2D eigenvalue weighted by molar-refractivity contribution is 0.626. The lowest BCUT2D eigenvalue weighted by Gasteiger charge is -2.13. The molecule has 0 aliphatic carbocycles. The summed E-state index contributed by atoms with van der Waals surface area (Å²) in [5.41, 5.74) is 4.37. The Morgan fingerprint density at radius 2 is 2.05 bits per heavy atom. The number of halogens is 1. The van der Waals surface area contributed by atoms with Crippen LogP contribution in [0.4, 0.5) is 16.0 Å². The minimum absolute atomic E-state index is 0.245. The van der Waals surface area contributed by atoms with Crippen LogP contribution in [-0.2, 0) is 13.0 Å². The van der Waals surface area contributed by atoms with Crippen molar-refractivity contribution in [3.63, 3.8) is 0 Å². The van der Waals surface area contributed by atoms with E-state index in [-0.39, 0.29) is 5.82 Å². The monoisotopic (exact) mass is 275 g/mol. The van der Waals surface area contributed by atoms with Gasteiger partial charge >= 0.3 is 0 Å². The van der Waals surface area contributed by atoms with Gasteiger partial charge in [0.1, 0.15) is 23.8 Å². The molecule has 0 atom stereocenters. The average Bonchev–Trinajstić information content (AvgIpc) is 2.46. The standard InChI is InChI=1S/C14H18FN5/c1-2-4-12-13(18-9-19-14(12)20-16)17-8-10-5-3-6-11(15)7-10/h3,5-7,9H,2,4,8,16H2,1H3,(H2,17,18,19,20). The van der Waals surface area contributed by atoms with Crippen molar-refractivity contribution in [3.05, 3.63) is 47.5 Å². The van der Waals surface area contributed by atoms with Crippen LogP contribution >= 0.6 is 0 Å². The number of rotatable bonds is 6. The van der Waals surface area contributed by atoms with Crippen LogP contribution in [0.25, 0.3) is 0 Å². The fourth-order valence-electron chi connectivity index (χ4n) is 2.01. The Hall–Kier alpha value is -2.21. The molecule has 0 aliphatic rings. The molecule has 0 bridgehead atoms. The molecule has 106 valence electrons. The summed E-state index contributed by atoms with van der Waals surface area (Å²) >= 11 is 0. The Labute approximate surface area is 117 Å². The molecule has 1 heterocycles. The van der Waals surface area contributed by atoms with E-state index in [0.29, 0.717) is 12.4 Å². The van der Waals surface area contributed by atoms with Gasteiger partial charge in [0.15, 0.2) is 0 Å². The van der Waals surface area contributed by atoms with Gasteiger partial charge in [-0.2, -0.15) is 0 Å². The largest absolute Gasteiger partial charge is 0.366 e. The zero-order valence-corrected chi connectivity index (χ0v) is 11.4. The summed E-state index contributed by atoms with van der Waals surface area (Å²) in [7, 11) is 0. The van der Waals surface area contributed by atoms with Crippen LogP contribution in [0.5, 0.6) is 0 Å². The van der Waals surface area contributed by atoms with E-state index >= 15 is 0 Å². The van der Waals surface area contributed by atoms with Crippen molar-refractivity contribution in [1.82, 2.24) is 9.97 Å². The highest BCUT2D eigenvalue weighted by Crippen LogP contribution is 2.21. The van der Waals surface area contributed by atoms with E-state index < -0.39 is 0 Å². The predicted octanol–water partition coefficient (Wildman–Crippen LogP) is 2.47. The molecule has 0 saturated heterocycles. The smallest absolute Gasteiger partial charge is 0.148 e. The second-order valence-electron chi connectivity index (χ2n) is 4.43. The lowest BCUT2D eigenvalue weighted by atomic mass is 10.1. The Balaban J connectivity index is 2.16. The molecule has 2 rings (SSSR count). The molecule has 0 fully saturated rings. The van der Waals surface area contributed by atoms with Crippen molar-refractivity contribution in [2.45, 2.75) is 26.3 Å². The SMILES string of the molecule is CCCc1c(NN)ncnc1NCc1cccc(F)c1. The second kappa shape index (κ2) is 6.81. The summed E-state index contributed by atoms with van der Waals surface area (Å²) in [6.45, 7) is 2.57. The number of nitrogens with zero attached hydrogens (tertiary/aromatic N) is 2. The average molecular weight is 275 g/mol. The minimum Gasteiger partial charge on any atom is -0.366 e.